The molecule has 258 valence electrons. The lowest BCUT2D eigenvalue weighted by atomic mass is 9.93. The molecule has 1 atom stereocenters. The Balaban J connectivity index is 1.04. The number of rotatable bonds is 7. The zero-order chi connectivity index (χ0) is 36.4. The number of nitrogens with one attached hydrogen (secondary N) is 3. The number of hydrogen-bond donors (Lipinski definition) is 3. The summed E-state index contributed by atoms with van der Waals surface area (Å²) in [4.78, 5) is 62.4. The molecule has 0 spiro atoms. The van der Waals surface area contributed by atoms with Gasteiger partial charge in [0.15, 0.2) is 0 Å². The van der Waals surface area contributed by atoms with Gasteiger partial charge < -0.3 is 15.2 Å². The van der Waals surface area contributed by atoms with E-state index < -0.39 is 6.04 Å². The van der Waals surface area contributed by atoms with Crippen LogP contribution in [0.15, 0.2) is 90.1 Å². The number of pyridine rings is 4. The lowest BCUT2D eigenvalue weighted by Crippen LogP contribution is -2.47. The van der Waals surface area contributed by atoms with Crippen molar-refractivity contribution in [2.75, 3.05) is 11.9 Å². The number of amides is 3. The van der Waals surface area contributed by atoms with Crippen LogP contribution in [0.4, 0.5) is 5.82 Å². The normalized spacial score (nSPS) is 14.1. The summed E-state index contributed by atoms with van der Waals surface area (Å²) in [7, 11) is 1.82. The van der Waals surface area contributed by atoms with Crippen molar-refractivity contribution in [1.82, 2.24) is 30.2 Å². The van der Waals surface area contributed by atoms with Crippen LogP contribution in [-0.2, 0) is 23.1 Å². The lowest BCUT2D eigenvalue weighted by Gasteiger charge is -2.22. The lowest BCUT2D eigenvalue weighted by molar-refractivity contribution is -0.133. The average Bonchev–Trinajstić information content (AvgIpc) is 3.16. The molecule has 0 radical (unpaired) electrons. The van der Waals surface area contributed by atoms with Crippen molar-refractivity contribution in [3.63, 3.8) is 0 Å². The predicted octanol–water partition coefficient (Wildman–Crippen LogP) is 5.08. The van der Waals surface area contributed by atoms with Crippen LogP contribution in [0.5, 0.6) is 0 Å². The van der Waals surface area contributed by atoms with Crippen LogP contribution in [-0.4, -0.2) is 49.8 Å². The molecule has 5 heterocycles. The predicted molar refractivity (Wildman–Crippen MR) is 201 cm³/mol. The molecule has 11 heteroatoms. The summed E-state index contributed by atoms with van der Waals surface area (Å²) < 4.78 is 1.73. The molecule has 1 fully saturated rings. The van der Waals surface area contributed by atoms with Gasteiger partial charge in [-0.15, -0.1) is 0 Å². The first-order chi connectivity index (χ1) is 25.2. The molecule has 6 aromatic rings. The van der Waals surface area contributed by atoms with Crippen molar-refractivity contribution in [3.8, 4) is 34.2 Å². The summed E-state index contributed by atoms with van der Waals surface area (Å²) in [5.41, 5.74) is 7.24. The molecule has 0 aliphatic carbocycles. The third-order valence-corrected chi connectivity index (χ3v) is 9.23. The highest BCUT2D eigenvalue weighted by molar-refractivity contribution is 6.05. The Hall–Kier alpha value is -6.67. The van der Waals surface area contributed by atoms with Crippen LogP contribution in [0.3, 0.4) is 0 Å². The summed E-state index contributed by atoms with van der Waals surface area (Å²) >= 11 is 0. The molecule has 3 amide bonds. The van der Waals surface area contributed by atoms with Crippen LogP contribution in [0.25, 0.3) is 44.1 Å². The van der Waals surface area contributed by atoms with E-state index in [9.17, 15) is 19.2 Å². The molecular weight excluding hydrogens is 654 g/mol. The van der Waals surface area contributed by atoms with E-state index in [1.165, 1.54) is 0 Å². The van der Waals surface area contributed by atoms with E-state index in [1.807, 2.05) is 44.4 Å². The van der Waals surface area contributed by atoms with Crippen molar-refractivity contribution < 1.29 is 14.4 Å². The van der Waals surface area contributed by atoms with Crippen LogP contribution >= 0.6 is 0 Å². The van der Waals surface area contributed by atoms with Crippen LogP contribution in [0.2, 0.25) is 0 Å². The Bertz CT molecular complexity index is 2530. The van der Waals surface area contributed by atoms with E-state index in [0.29, 0.717) is 23.4 Å². The molecule has 4 aromatic heterocycles. The van der Waals surface area contributed by atoms with Crippen molar-refractivity contribution >= 4 is 45.2 Å². The largest absolute Gasteiger partial charge is 0.358 e. The van der Waals surface area contributed by atoms with E-state index >= 15 is 0 Å². The van der Waals surface area contributed by atoms with Crippen molar-refractivity contribution in [2.24, 2.45) is 7.05 Å². The summed E-state index contributed by atoms with van der Waals surface area (Å²) in [6, 6.07) is 20.8. The van der Waals surface area contributed by atoms with Gasteiger partial charge in [-0.05, 0) is 84.3 Å². The number of carbonyl (C=O) groups is 3. The number of nitrogens with zero attached hydrogens (tertiary/aromatic N) is 4. The molecule has 0 saturated carbocycles. The van der Waals surface area contributed by atoms with Gasteiger partial charge in [-0.3, -0.25) is 34.5 Å². The molecule has 3 N–H and O–H groups in total. The standard InChI is InChI=1S/C41H35N7O4/c1-4-25-18-30(31-17-24(2)41(52)48(3)36(31)19-25)29-9-5-8-27-21-35(45-23-32(27)29)28-10-11-33(44-22-28)39(50)43-15-6-7-26-14-16-42-37(20-26)46-34-12-13-38(49)47-40(34)51/h5,8-11,14,16-23,34H,4,12-13,15H2,1-3H3,(H,42,46)(H,43,50)(H,47,49,51). The van der Waals surface area contributed by atoms with Gasteiger partial charge in [0, 0.05) is 59.5 Å². The molecular formula is C41H35N7O4. The molecule has 0 bridgehead atoms. The molecule has 52 heavy (non-hydrogen) atoms. The number of imide groups is 1. The van der Waals surface area contributed by atoms with Crippen molar-refractivity contribution in [3.05, 3.63) is 118 Å². The van der Waals surface area contributed by atoms with E-state index in [1.54, 1.807) is 35.2 Å². The highest BCUT2D eigenvalue weighted by Crippen LogP contribution is 2.36. The first-order valence-electron chi connectivity index (χ1n) is 17.0. The Kier molecular flexibility index (Phi) is 9.29. The number of hydrogen-bond acceptors (Lipinski definition) is 8. The van der Waals surface area contributed by atoms with Gasteiger partial charge in [-0.2, -0.15) is 0 Å². The maximum atomic E-state index is 12.8. The van der Waals surface area contributed by atoms with Gasteiger partial charge in [0.25, 0.3) is 11.5 Å². The number of piperidine rings is 1. The highest BCUT2D eigenvalue weighted by atomic mass is 16.2. The second kappa shape index (κ2) is 14.3. The van der Waals surface area contributed by atoms with E-state index in [2.05, 4.69) is 68.9 Å². The smallest absolute Gasteiger partial charge is 0.270 e. The van der Waals surface area contributed by atoms with Crippen LogP contribution in [0.1, 0.15) is 46.9 Å². The molecule has 7 rings (SSSR count). The third-order valence-electron chi connectivity index (χ3n) is 9.23. The minimum atomic E-state index is -0.546. The monoisotopic (exact) mass is 689 g/mol. The molecule has 11 nitrogen and oxygen atoms in total. The fraction of sp³-hybridized carbons (Fsp3) is 0.195. The second-order valence-electron chi connectivity index (χ2n) is 12.7. The van der Waals surface area contributed by atoms with E-state index in [0.717, 1.165) is 56.0 Å². The number of aromatic nitrogens is 4. The Morgan fingerprint density at radius 3 is 2.62 bits per heavy atom. The third kappa shape index (κ3) is 6.87. The minimum absolute atomic E-state index is 0.000699. The Morgan fingerprint density at radius 2 is 1.83 bits per heavy atom. The maximum Gasteiger partial charge on any atom is 0.270 e. The summed E-state index contributed by atoms with van der Waals surface area (Å²) in [5.74, 6) is 5.36. The van der Waals surface area contributed by atoms with Crippen LogP contribution in [0, 0.1) is 18.8 Å². The highest BCUT2D eigenvalue weighted by Gasteiger charge is 2.26. The topological polar surface area (TPSA) is 148 Å². The molecule has 1 saturated heterocycles. The van der Waals surface area contributed by atoms with Gasteiger partial charge in [0.05, 0.1) is 17.8 Å². The van der Waals surface area contributed by atoms with Gasteiger partial charge >= 0.3 is 0 Å². The SMILES string of the molecule is CCc1cc(-c2cccc3cc(-c4ccc(C(=O)NCC#Cc5ccnc(NC6CCC(=O)NC6=O)c5)nc4)ncc23)c2cc(C)c(=O)n(C)c2c1. The van der Waals surface area contributed by atoms with Gasteiger partial charge in [0.2, 0.25) is 11.8 Å². The zero-order valence-electron chi connectivity index (χ0n) is 28.9. The summed E-state index contributed by atoms with van der Waals surface area (Å²) in [6.07, 6.45) is 6.57. The maximum absolute atomic E-state index is 12.8. The molecule has 2 aromatic carbocycles. The Labute approximate surface area is 299 Å². The molecule has 1 aliphatic heterocycles. The van der Waals surface area contributed by atoms with Crippen LogP contribution < -0.4 is 21.5 Å². The number of carbonyl (C=O) groups excluding carboxylic acids is 3. The number of fused-ring (bicyclic) bond motifs is 2. The first kappa shape index (κ1) is 33.8. The zero-order valence-corrected chi connectivity index (χ0v) is 28.9. The van der Waals surface area contributed by atoms with Crippen molar-refractivity contribution in [1.29, 1.82) is 0 Å². The minimum Gasteiger partial charge on any atom is -0.358 e. The summed E-state index contributed by atoms with van der Waals surface area (Å²) in [5, 5.41) is 11.1. The quantitative estimate of drug-likeness (QED) is 0.155. The van der Waals surface area contributed by atoms with Gasteiger partial charge in [0.1, 0.15) is 17.6 Å². The average molecular weight is 690 g/mol. The second-order valence-corrected chi connectivity index (χ2v) is 12.7. The van der Waals surface area contributed by atoms with Gasteiger partial charge in [-0.25, -0.2) is 4.98 Å². The fourth-order valence-corrected chi connectivity index (χ4v) is 6.41. The molecule has 1 aliphatic rings. The first-order valence-corrected chi connectivity index (χ1v) is 17.0. The number of anilines is 1. The van der Waals surface area contributed by atoms with E-state index in [-0.39, 0.29) is 41.9 Å². The number of benzene rings is 2. The van der Waals surface area contributed by atoms with Crippen molar-refractivity contribution in [2.45, 2.75) is 39.2 Å². The Morgan fingerprint density at radius 1 is 0.962 bits per heavy atom. The van der Waals surface area contributed by atoms with Gasteiger partial charge in [-0.1, -0.05) is 43.0 Å². The molecule has 1 unspecified atom stereocenters. The summed E-state index contributed by atoms with van der Waals surface area (Å²) in [6.45, 7) is 4.06. The van der Waals surface area contributed by atoms with E-state index in [4.69, 9.17) is 4.98 Å². The number of aryl methyl sites for hydroxylation is 3. The fourth-order valence-electron chi connectivity index (χ4n) is 6.41.